The molecule has 1 rings (SSSR count). The Hall–Kier alpha value is -0.0400. The standard InChI is InChI=1S/C8H16O.C2H6/c1-6-4-8(3)9-5-7(6)2;1-2/h6-8H,4-5H2,1-3H3;1-2H3. The topological polar surface area (TPSA) is 9.23 Å². The summed E-state index contributed by atoms with van der Waals surface area (Å²) in [6, 6.07) is 0. The Morgan fingerprint density at radius 3 is 1.91 bits per heavy atom. The second-order valence-electron chi connectivity index (χ2n) is 3.33. The van der Waals surface area contributed by atoms with E-state index in [1.807, 2.05) is 13.8 Å². The van der Waals surface area contributed by atoms with E-state index in [1.54, 1.807) is 0 Å². The van der Waals surface area contributed by atoms with Gasteiger partial charge in [0.15, 0.2) is 0 Å². The van der Waals surface area contributed by atoms with Gasteiger partial charge >= 0.3 is 0 Å². The Balaban J connectivity index is 0.000000461. The van der Waals surface area contributed by atoms with Crippen LogP contribution in [0.3, 0.4) is 0 Å². The summed E-state index contributed by atoms with van der Waals surface area (Å²) in [4.78, 5) is 0. The molecule has 0 spiro atoms. The van der Waals surface area contributed by atoms with Gasteiger partial charge in [-0.15, -0.1) is 0 Å². The normalized spacial score (nSPS) is 37.4. The zero-order valence-electron chi connectivity index (χ0n) is 8.55. The summed E-state index contributed by atoms with van der Waals surface area (Å²) in [7, 11) is 0. The lowest BCUT2D eigenvalue weighted by molar-refractivity contribution is -0.0263. The van der Waals surface area contributed by atoms with Gasteiger partial charge in [-0.05, 0) is 25.2 Å². The van der Waals surface area contributed by atoms with E-state index in [1.165, 1.54) is 6.42 Å². The lowest BCUT2D eigenvalue weighted by Crippen LogP contribution is -2.28. The van der Waals surface area contributed by atoms with E-state index in [-0.39, 0.29) is 0 Å². The van der Waals surface area contributed by atoms with Gasteiger partial charge in [-0.25, -0.2) is 0 Å². The molecule has 0 saturated carbocycles. The highest BCUT2D eigenvalue weighted by atomic mass is 16.5. The molecule has 11 heavy (non-hydrogen) atoms. The predicted molar refractivity (Wildman–Crippen MR) is 49.7 cm³/mol. The van der Waals surface area contributed by atoms with Crippen molar-refractivity contribution in [2.75, 3.05) is 6.61 Å². The Labute approximate surface area is 71.1 Å². The molecule has 1 fully saturated rings. The maximum absolute atomic E-state index is 5.46. The molecule has 68 valence electrons. The Morgan fingerprint density at radius 2 is 1.55 bits per heavy atom. The number of hydrogen-bond donors (Lipinski definition) is 0. The minimum atomic E-state index is 0.496. The fourth-order valence-electron chi connectivity index (χ4n) is 1.30. The van der Waals surface area contributed by atoms with Crippen LogP contribution in [0, 0.1) is 11.8 Å². The molecule has 1 saturated heterocycles. The first kappa shape index (κ1) is 11.0. The van der Waals surface area contributed by atoms with Gasteiger partial charge in [0, 0.05) is 6.61 Å². The van der Waals surface area contributed by atoms with Gasteiger partial charge in [0.1, 0.15) is 0 Å². The lowest BCUT2D eigenvalue weighted by Gasteiger charge is -2.30. The maximum atomic E-state index is 5.46. The molecule has 3 atom stereocenters. The van der Waals surface area contributed by atoms with Crippen LogP contribution in [0.5, 0.6) is 0 Å². The molecule has 1 aliphatic heterocycles. The van der Waals surface area contributed by atoms with Crippen LogP contribution in [0.4, 0.5) is 0 Å². The van der Waals surface area contributed by atoms with E-state index < -0.39 is 0 Å². The summed E-state index contributed by atoms with van der Waals surface area (Å²) in [5.41, 5.74) is 0. The number of hydrogen-bond acceptors (Lipinski definition) is 1. The second-order valence-corrected chi connectivity index (χ2v) is 3.33. The monoisotopic (exact) mass is 158 g/mol. The zero-order valence-corrected chi connectivity index (χ0v) is 8.55. The highest BCUT2D eigenvalue weighted by molar-refractivity contribution is 4.70. The molecule has 3 unspecified atom stereocenters. The Kier molecular flexibility index (Phi) is 5.57. The number of rotatable bonds is 0. The van der Waals surface area contributed by atoms with Crippen LogP contribution in [0.25, 0.3) is 0 Å². The van der Waals surface area contributed by atoms with E-state index in [2.05, 4.69) is 20.8 Å². The van der Waals surface area contributed by atoms with Crippen molar-refractivity contribution in [1.82, 2.24) is 0 Å². The van der Waals surface area contributed by atoms with Crippen molar-refractivity contribution >= 4 is 0 Å². The van der Waals surface area contributed by atoms with Gasteiger partial charge < -0.3 is 4.74 Å². The quantitative estimate of drug-likeness (QED) is 0.526. The number of ether oxygens (including phenoxy) is 1. The molecule has 0 radical (unpaired) electrons. The molecule has 0 aliphatic carbocycles. The van der Waals surface area contributed by atoms with E-state index in [0.717, 1.165) is 18.4 Å². The zero-order chi connectivity index (χ0) is 8.85. The van der Waals surface area contributed by atoms with Crippen LogP contribution in [0.15, 0.2) is 0 Å². The van der Waals surface area contributed by atoms with Gasteiger partial charge in [-0.2, -0.15) is 0 Å². The molecular weight excluding hydrogens is 136 g/mol. The molecule has 0 bridgehead atoms. The van der Waals surface area contributed by atoms with Crippen molar-refractivity contribution < 1.29 is 4.74 Å². The maximum Gasteiger partial charge on any atom is 0.0549 e. The summed E-state index contributed by atoms with van der Waals surface area (Å²) in [5, 5.41) is 0. The first-order valence-corrected chi connectivity index (χ1v) is 4.81. The van der Waals surface area contributed by atoms with Crippen molar-refractivity contribution in [2.45, 2.75) is 47.1 Å². The first-order chi connectivity index (χ1) is 5.20. The Bertz CT molecular complexity index is 90.9. The third-order valence-corrected chi connectivity index (χ3v) is 2.32. The molecule has 0 aromatic rings. The largest absolute Gasteiger partial charge is 0.378 e. The van der Waals surface area contributed by atoms with Crippen molar-refractivity contribution in [3.05, 3.63) is 0 Å². The molecule has 1 aliphatic rings. The fraction of sp³-hybridized carbons (Fsp3) is 1.00. The van der Waals surface area contributed by atoms with Gasteiger partial charge in [-0.1, -0.05) is 27.7 Å². The van der Waals surface area contributed by atoms with E-state index in [4.69, 9.17) is 4.74 Å². The van der Waals surface area contributed by atoms with Crippen LogP contribution in [0.1, 0.15) is 41.0 Å². The SMILES string of the molecule is CC.CC1CC(C)C(C)CO1. The lowest BCUT2D eigenvalue weighted by atomic mass is 9.89. The molecule has 0 aromatic carbocycles. The van der Waals surface area contributed by atoms with Crippen LogP contribution < -0.4 is 0 Å². The van der Waals surface area contributed by atoms with Crippen molar-refractivity contribution in [3.8, 4) is 0 Å². The molecule has 0 aromatic heterocycles. The van der Waals surface area contributed by atoms with Crippen LogP contribution >= 0.6 is 0 Å². The summed E-state index contributed by atoms with van der Waals surface area (Å²) in [5.74, 6) is 1.62. The van der Waals surface area contributed by atoms with Gasteiger partial charge in [0.05, 0.1) is 6.10 Å². The highest BCUT2D eigenvalue weighted by Crippen LogP contribution is 2.23. The molecule has 1 heterocycles. The molecule has 0 N–H and O–H groups in total. The second kappa shape index (κ2) is 5.59. The van der Waals surface area contributed by atoms with Crippen molar-refractivity contribution in [2.24, 2.45) is 11.8 Å². The van der Waals surface area contributed by atoms with Gasteiger partial charge in [-0.3, -0.25) is 0 Å². The third kappa shape index (κ3) is 3.76. The van der Waals surface area contributed by atoms with Gasteiger partial charge in [0.25, 0.3) is 0 Å². The fourth-order valence-corrected chi connectivity index (χ4v) is 1.30. The summed E-state index contributed by atoms with van der Waals surface area (Å²) < 4.78 is 5.46. The molecule has 0 amide bonds. The van der Waals surface area contributed by atoms with Crippen LogP contribution in [-0.4, -0.2) is 12.7 Å². The average molecular weight is 158 g/mol. The smallest absolute Gasteiger partial charge is 0.0549 e. The highest BCUT2D eigenvalue weighted by Gasteiger charge is 2.21. The summed E-state index contributed by atoms with van der Waals surface area (Å²) in [6.45, 7) is 11.7. The van der Waals surface area contributed by atoms with Crippen LogP contribution in [0.2, 0.25) is 0 Å². The minimum absolute atomic E-state index is 0.496. The average Bonchev–Trinajstić information content (AvgIpc) is 2.02. The summed E-state index contributed by atoms with van der Waals surface area (Å²) in [6.07, 6.45) is 1.73. The van der Waals surface area contributed by atoms with Crippen molar-refractivity contribution in [1.29, 1.82) is 0 Å². The van der Waals surface area contributed by atoms with Gasteiger partial charge in [0.2, 0.25) is 0 Å². The molecule has 1 heteroatoms. The van der Waals surface area contributed by atoms with E-state index in [9.17, 15) is 0 Å². The molecule has 1 nitrogen and oxygen atoms in total. The van der Waals surface area contributed by atoms with Crippen LogP contribution in [-0.2, 0) is 4.74 Å². The predicted octanol–water partition coefficient (Wildman–Crippen LogP) is 3.09. The Morgan fingerprint density at radius 1 is 1.00 bits per heavy atom. The van der Waals surface area contributed by atoms with Crippen molar-refractivity contribution in [3.63, 3.8) is 0 Å². The van der Waals surface area contributed by atoms with E-state index in [0.29, 0.717) is 6.10 Å². The third-order valence-electron chi connectivity index (χ3n) is 2.32. The molecular formula is C10H22O. The minimum Gasteiger partial charge on any atom is -0.378 e. The summed E-state index contributed by atoms with van der Waals surface area (Å²) >= 11 is 0. The first-order valence-electron chi connectivity index (χ1n) is 4.81. The van der Waals surface area contributed by atoms with E-state index >= 15 is 0 Å².